The number of hydrogen-bond donors (Lipinski definition) is 2. The van der Waals surface area contributed by atoms with Gasteiger partial charge in [0.1, 0.15) is 5.75 Å². The van der Waals surface area contributed by atoms with E-state index in [4.69, 9.17) is 10.5 Å². The second kappa shape index (κ2) is 5.90. The van der Waals surface area contributed by atoms with Gasteiger partial charge in [-0.25, -0.2) is 0 Å². The lowest BCUT2D eigenvalue weighted by molar-refractivity contribution is 0.208. The van der Waals surface area contributed by atoms with Gasteiger partial charge >= 0.3 is 0 Å². The molecule has 0 aliphatic rings. The summed E-state index contributed by atoms with van der Waals surface area (Å²) < 4.78 is 5.04. The number of benzene rings is 1. The van der Waals surface area contributed by atoms with E-state index in [2.05, 4.69) is 0 Å². The SMILES string of the molecule is COc1ccc(SCC(O)CN)cc1. The predicted molar refractivity (Wildman–Crippen MR) is 58.8 cm³/mol. The summed E-state index contributed by atoms with van der Waals surface area (Å²) in [6.07, 6.45) is -0.429. The molecule has 1 rings (SSSR count). The summed E-state index contributed by atoms with van der Waals surface area (Å²) in [6.45, 7) is 0.309. The van der Waals surface area contributed by atoms with Gasteiger partial charge in [0.15, 0.2) is 0 Å². The molecule has 1 unspecified atom stereocenters. The zero-order chi connectivity index (χ0) is 10.4. The molecule has 4 heteroatoms. The van der Waals surface area contributed by atoms with Gasteiger partial charge in [-0.1, -0.05) is 0 Å². The molecule has 0 bridgehead atoms. The second-order valence-electron chi connectivity index (χ2n) is 2.88. The lowest BCUT2D eigenvalue weighted by Gasteiger charge is -2.07. The summed E-state index contributed by atoms with van der Waals surface area (Å²) >= 11 is 1.59. The maximum absolute atomic E-state index is 9.25. The molecule has 0 aromatic heterocycles. The van der Waals surface area contributed by atoms with E-state index >= 15 is 0 Å². The number of rotatable bonds is 5. The normalized spacial score (nSPS) is 12.5. The van der Waals surface area contributed by atoms with Crippen molar-refractivity contribution in [1.82, 2.24) is 0 Å². The van der Waals surface area contributed by atoms with Gasteiger partial charge in [0.2, 0.25) is 0 Å². The Hall–Kier alpha value is -0.710. The van der Waals surface area contributed by atoms with Gasteiger partial charge in [0.05, 0.1) is 13.2 Å². The van der Waals surface area contributed by atoms with Gasteiger partial charge in [-0.15, -0.1) is 11.8 Å². The van der Waals surface area contributed by atoms with Crippen LogP contribution in [0.25, 0.3) is 0 Å². The Labute approximate surface area is 88.3 Å². The Morgan fingerprint density at radius 2 is 2.07 bits per heavy atom. The fourth-order valence-electron chi connectivity index (χ4n) is 0.932. The molecular formula is C10H15NO2S. The molecule has 3 nitrogen and oxygen atoms in total. The Balaban J connectivity index is 2.43. The van der Waals surface area contributed by atoms with Crippen molar-refractivity contribution in [3.8, 4) is 5.75 Å². The number of hydrogen-bond acceptors (Lipinski definition) is 4. The van der Waals surface area contributed by atoms with Crippen molar-refractivity contribution in [2.24, 2.45) is 5.73 Å². The van der Waals surface area contributed by atoms with E-state index in [1.165, 1.54) is 0 Å². The fourth-order valence-corrected chi connectivity index (χ4v) is 1.78. The first-order valence-electron chi connectivity index (χ1n) is 4.41. The molecule has 14 heavy (non-hydrogen) atoms. The smallest absolute Gasteiger partial charge is 0.118 e. The fraction of sp³-hybridized carbons (Fsp3) is 0.400. The maximum atomic E-state index is 9.25. The summed E-state index contributed by atoms with van der Waals surface area (Å²) in [5, 5.41) is 9.25. The third kappa shape index (κ3) is 3.57. The average Bonchev–Trinajstić information content (AvgIpc) is 2.26. The van der Waals surface area contributed by atoms with Crippen molar-refractivity contribution in [3.63, 3.8) is 0 Å². The summed E-state index contributed by atoms with van der Waals surface area (Å²) in [5.74, 6) is 1.47. The molecule has 0 saturated heterocycles. The minimum Gasteiger partial charge on any atom is -0.497 e. The van der Waals surface area contributed by atoms with Crippen molar-refractivity contribution in [1.29, 1.82) is 0 Å². The molecule has 0 saturated carbocycles. The zero-order valence-corrected chi connectivity index (χ0v) is 8.96. The van der Waals surface area contributed by atoms with Crippen LogP contribution in [-0.2, 0) is 0 Å². The van der Waals surface area contributed by atoms with E-state index < -0.39 is 6.10 Å². The van der Waals surface area contributed by atoms with Gasteiger partial charge in [-0.2, -0.15) is 0 Å². The van der Waals surface area contributed by atoms with E-state index in [1.54, 1.807) is 18.9 Å². The molecule has 0 amide bonds. The number of methoxy groups -OCH3 is 1. The van der Waals surface area contributed by atoms with Crippen LogP contribution in [0, 0.1) is 0 Å². The maximum Gasteiger partial charge on any atom is 0.118 e. The molecule has 0 fully saturated rings. The summed E-state index contributed by atoms with van der Waals surface area (Å²) in [7, 11) is 1.64. The second-order valence-corrected chi connectivity index (χ2v) is 3.97. The summed E-state index contributed by atoms with van der Waals surface area (Å²) in [4.78, 5) is 1.11. The van der Waals surface area contributed by atoms with E-state index in [0.717, 1.165) is 10.6 Å². The van der Waals surface area contributed by atoms with Crippen LogP contribution < -0.4 is 10.5 Å². The standard InChI is InChI=1S/C10H15NO2S/c1-13-9-2-4-10(5-3-9)14-7-8(12)6-11/h2-5,8,12H,6-7,11H2,1H3. The highest BCUT2D eigenvalue weighted by atomic mass is 32.2. The molecule has 1 aromatic carbocycles. The van der Waals surface area contributed by atoms with Crippen molar-refractivity contribution < 1.29 is 9.84 Å². The highest BCUT2D eigenvalue weighted by Gasteiger charge is 2.02. The van der Waals surface area contributed by atoms with Crippen LogP contribution in [0.5, 0.6) is 5.75 Å². The monoisotopic (exact) mass is 213 g/mol. The Bertz CT molecular complexity index is 263. The molecule has 0 aliphatic carbocycles. The number of nitrogens with two attached hydrogens (primary N) is 1. The lowest BCUT2D eigenvalue weighted by atomic mass is 10.3. The number of thioether (sulfide) groups is 1. The van der Waals surface area contributed by atoms with E-state index in [-0.39, 0.29) is 0 Å². The summed E-state index contributed by atoms with van der Waals surface area (Å²) in [5.41, 5.74) is 5.30. The first-order valence-corrected chi connectivity index (χ1v) is 5.40. The first kappa shape index (κ1) is 11.4. The molecule has 1 atom stereocenters. The van der Waals surface area contributed by atoms with Crippen LogP contribution in [0.1, 0.15) is 0 Å². The average molecular weight is 213 g/mol. The molecular weight excluding hydrogens is 198 g/mol. The van der Waals surface area contributed by atoms with Crippen molar-refractivity contribution in [2.75, 3.05) is 19.4 Å². The van der Waals surface area contributed by atoms with Crippen molar-refractivity contribution >= 4 is 11.8 Å². The van der Waals surface area contributed by atoms with Gasteiger partial charge in [-0.05, 0) is 24.3 Å². The van der Waals surface area contributed by atoms with Crippen LogP contribution in [-0.4, -0.2) is 30.6 Å². The Kier molecular flexibility index (Phi) is 4.79. The topological polar surface area (TPSA) is 55.5 Å². The van der Waals surface area contributed by atoms with E-state index in [0.29, 0.717) is 12.3 Å². The zero-order valence-electron chi connectivity index (χ0n) is 8.14. The molecule has 0 radical (unpaired) electrons. The number of ether oxygens (including phenoxy) is 1. The van der Waals surface area contributed by atoms with Crippen LogP contribution in [0.3, 0.4) is 0 Å². The lowest BCUT2D eigenvalue weighted by Crippen LogP contribution is -2.21. The summed E-state index contributed by atoms with van der Waals surface area (Å²) in [6, 6.07) is 7.73. The molecule has 0 spiro atoms. The minimum absolute atomic E-state index is 0.309. The van der Waals surface area contributed by atoms with Crippen LogP contribution in [0.4, 0.5) is 0 Å². The Morgan fingerprint density at radius 3 is 2.57 bits per heavy atom. The van der Waals surface area contributed by atoms with Gasteiger partial charge < -0.3 is 15.6 Å². The van der Waals surface area contributed by atoms with Crippen molar-refractivity contribution in [3.05, 3.63) is 24.3 Å². The molecule has 0 heterocycles. The third-order valence-electron chi connectivity index (χ3n) is 1.77. The third-order valence-corrected chi connectivity index (χ3v) is 2.93. The molecule has 3 N–H and O–H groups in total. The molecule has 1 aromatic rings. The quantitative estimate of drug-likeness (QED) is 0.719. The molecule has 0 aliphatic heterocycles. The van der Waals surface area contributed by atoms with E-state index in [9.17, 15) is 5.11 Å². The highest BCUT2D eigenvalue weighted by molar-refractivity contribution is 7.99. The van der Waals surface area contributed by atoms with Crippen molar-refractivity contribution in [2.45, 2.75) is 11.0 Å². The largest absolute Gasteiger partial charge is 0.497 e. The molecule has 78 valence electrons. The number of aliphatic hydroxyl groups excluding tert-OH is 1. The van der Waals surface area contributed by atoms with Crippen LogP contribution in [0.2, 0.25) is 0 Å². The highest BCUT2D eigenvalue weighted by Crippen LogP contribution is 2.21. The van der Waals surface area contributed by atoms with E-state index in [1.807, 2.05) is 24.3 Å². The van der Waals surface area contributed by atoms with Gasteiger partial charge in [0, 0.05) is 17.2 Å². The van der Waals surface area contributed by atoms with Gasteiger partial charge in [-0.3, -0.25) is 0 Å². The number of aliphatic hydroxyl groups is 1. The minimum atomic E-state index is -0.429. The van der Waals surface area contributed by atoms with Crippen LogP contribution >= 0.6 is 11.8 Å². The van der Waals surface area contributed by atoms with Gasteiger partial charge in [0.25, 0.3) is 0 Å². The first-order chi connectivity index (χ1) is 6.76. The Morgan fingerprint density at radius 1 is 1.43 bits per heavy atom. The predicted octanol–water partition coefficient (Wildman–Crippen LogP) is 1.11. The van der Waals surface area contributed by atoms with Crippen LogP contribution in [0.15, 0.2) is 29.2 Å².